The van der Waals surface area contributed by atoms with Crippen LogP contribution in [0.2, 0.25) is 0 Å². The fourth-order valence-corrected chi connectivity index (χ4v) is 1.63. The van der Waals surface area contributed by atoms with E-state index in [1.807, 2.05) is 25.1 Å². The highest BCUT2D eigenvalue weighted by molar-refractivity contribution is 5.63. The number of nitrogens with zero attached hydrogens (tertiary/aromatic N) is 1. The quantitative estimate of drug-likeness (QED) is 0.850. The number of hydrogen-bond donors (Lipinski definition) is 1. The minimum atomic E-state index is 0.346. The molecule has 0 bridgehead atoms. The average molecular weight is 254 g/mol. The molecular formula is C15H14N2O2. The molecule has 0 aliphatic carbocycles. The van der Waals surface area contributed by atoms with E-state index in [0.29, 0.717) is 29.4 Å². The molecule has 2 N–H and O–H groups in total. The molecule has 0 saturated heterocycles. The highest BCUT2D eigenvalue weighted by Crippen LogP contribution is 2.30. The second-order valence-electron chi connectivity index (χ2n) is 3.84. The second kappa shape index (κ2) is 5.78. The zero-order valence-electron chi connectivity index (χ0n) is 10.6. The number of rotatable bonds is 4. The minimum absolute atomic E-state index is 0.346. The maximum atomic E-state index is 8.90. The summed E-state index contributed by atoms with van der Waals surface area (Å²) in [6.07, 6.45) is 0. The summed E-state index contributed by atoms with van der Waals surface area (Å²) in [5, 5.41) is 8.90. The van der Waals surface area contributed by atoms with Crippen LogP contribution in [0.4, 0.5) is 5.69 Å². The van der Waals surface area contributed by atoms with E-state index in [-0.39, 0.29) is 0 Å². The third-order valence-corrected chi connectivity index (χ3v) is 2.55. The zero-order valence-corrected chi connectivity index (χ0v) is 10.6. The molecule has 0 saturated carbocycles. The second-order valence-corrected chi connectivity index (χ2v) is 3.84. The van der Waals surface area contributed by atoms with Crippen LogP contribution in [0.1, 0.15) is 12.5 Å². The molecule has 0 aliphatic rings. The lowest BCUT2D eigenvalue weighted by molar-refractivity contribution is 0.339. The largest absolute Gasteiger partial charge is 0.494 e. The van der Waals surface area contributed by atoms with Crippen LogP contribution in [-0.2, 0) is 0 Å². The highest BCUT2D eigenvalue weighted by Gasteiger charge is 2.06. The maximum absolute atomic E-state index is 8.90. The van der Waals surface area contributed by atoms with Crippen molar-refractivity contribution < 1.29 is 9.47 Å². The van der Waals surface area contributed by atoms with Gasteiger partial charge in [0.25, 0.3) is 0 Å². The van der Waals surface area contributed by atoms with Crippen LogP contribution in [0.5, 0.6) is 17.2 Å². The van der Waals surface area contributed by atoms with E-state index in [1.165, 1.54) is 0 Å². The number of benzene rings is 2. The summed E-state index contributed by atoms with van der Waals surface area (Å²) in [5.74, 6) is 1.90. The van der Waals surface area contributed by atoms with Gasteiger partial charge in [0.05, 0.1) is 17.9 Å². The Morgan fingerprint density at radius 1 is 1.11 bits per heavy atom. The van der Waals surface area contributed by atoms with E-state index in [4.69, 9.17) is 20.5 Å². The van der Waals surface area contributed by atoms with Gasteiger partial charge in [-0.15, -0.1) is 0 Å². The van der Waals surface area contributed by atoms with Crippen molar-refractivity contribution in [2.24, 2.45) is 0 Å². The summed E-state index contributed by atoms with van der Waals surface area (Å²) in [4.78, 5) is 0. The highest BCUT2D eigenvalue weighted by atomic mass is 16.5. The molecule has 0 radical (unpaired) electrons. The van der Waals surface area contributed by atoms with Gasteiger partial charge in [-0.2, -0.15) is 5.26 Å². The first-order valence-corrected chi connectivity index (χ1v) is 5.94. The van der Waals surface area contributed by atoms with Gasteiger partial charge in [0.15, 0.2) is 5.75 Å². The van der Waals surface area contributed by atoms with Crippen molar-refractivity contribution >= 4 is 5.69 Å². The van der Waals surface area contributed by atoms with Gasteiger partial charge in [-0.1, -0.05) is 6.07 Å². The number of anilines is 1. The molecule has 0 spiro atoms. The molecule has 4 nitrogen and oxygen atoms in total. The SMILES string of the molecule is CCOc1ccc(Oc2cccc(C#N)c2N)cc1. The summed E-state index contributed by atoms with van der Waals surface area (Å²) >= 11 is 0. The van der Waals surface area contributed by atoms with E-state index >= 15 is 0 Å². The van der Waals surface area contributed by atoms with Gasteiger partial charge in [0, 0.05) is 0 Å². The van der Waals surface area contributed by atoms with Gasteiger partial charge in [-0.3, -0.25) is 0 Å². The number of para-hydroxylation sites is 1. The van der Waals surface area contributed by atoms with Crippen molar-refractivity contribution in [3.8, 4) is 23.3 Å². The van der Waals surface area contributed by atoms with Crippen LogP contribution in [0.25, 0.3) is 0 Å². The van der Waals surface area contributed by atoms with Gasteiger partial charge < -0.3 is 15.2 Å². The first kappa shape index (κ1) is 12.8. The van der Waals surface area contributed by atoms with Crippen molar-refractivity contribution in [2.75, 3.05) is 12.3 Å². The van der Waals surface area contributed by atoms with Gasteiger partial charge >= 0.3 is 0 Å². The number of nitrogen functional groups attached to an aromatic ring is 1. The molecule has 0 unspecified atom stereocenters. The number of hydrogen-bond acceptors (Lipinski definition) is 4. The molecule has 0 fully saturated rings. The maximum Gasteiger partial charge on any atom is 0.151 e. The number of ether oxygens (including phenoxy) is 2. The summed E-state index contributed by atoms with van der Waals surface area (Å²) in [6.45, 7) is 2.55. The Balaban J connectivity index is 2.19. The van der Waals surface area contributed by atoms with Crippen LogP contribution in [0, 0.1) is 11.3 Å². The third-order valence-electron chi connectivity index (χ3n) is 2.55. The van der Waals surface area contributed by atoms with Crippen molar-refractivity contribution in [1.82, 2.24) is 0 Å². The monoisotopic (exact) mass is 254 g/mol. The first-order chi connectivity index (χ1) is 9.24. The van der Waals surface area contributed by atoms with Crippen molar-refractivity contribution in [3.63, 3.8) is 0 Å². The molecule has 2 aromatic rings. The Labute approximate surface area is 112 Å². The molecule has 19 heavy (non-hydrogen) atoms. The Hall–Kier alpha value is -2.67. The van der Waals surface area contributed by atoms with E-state index in [1.54, 1.807) is 30.3 Å². The van der Waals surface area contributed by atoms with E-state index in [0.717, 1.165) is 5.75 Å². The Morgan fingerprint density at radius 3 is 2.42 bits per heavy atom. The average Bonchev–Trinajstić information content (AvgIpc) is 2.43. The van der Waals surface area contributed by atoms with Crippen LogP contribution < -0.4 is 15.2 Å². The Kier molecular flexibility index (Phi) is 3.89. The van der Waals surface area contributed by atoms with Crippen molar-refractivity contribution in [1.29, 1.82) is 5.26 Å². The molecule has 0 aromatic heterocycles. The summed E-state index contributed by atoms with van der Waals surface area (Å²) in [5.41, 5.74) is 6.60. The third kappa shape index (κ3) is 2.96. The van der Waals surface area contributed by atoms with Crippen LogP contribution in [-0.4, -0.2) is 6.61 Å². The van der Waals surface area contributed by atoms with Gasteiger partial charge in [0.1, 0.15) is 17.6 Å². The number of nitrogens with two attached hydrogens (primary N) is 1. The standard InChI is InChI=1S/C15H14N2O2/c1-2-18-12-6-8-13(9-7-12)19-14-5-3-4-11(10-16)15(14)17/h3-9H,2,17H2,1H3. The summed E-state index contributed by atoms with van der Waals surface area (Å²) < 4.78 is 11.0. The van der Waals surface area contributed by atoms with Gasteiger partial charge in [-0.25, -0.2) is 0 Å². The predicted octanol–water partition coefficient (Wildman–Crippen LogP) is 3.33. The lowest BCUT2D eigenvalue weighted by Crippen LogP contribution is -1.95. The minimum Gasteiger partial charge on any atom is -0.494 e. The molecule has 2 rings (SSSR count). The Morgan fingerprint density at radius 2 is 1.79 bits per heavy atom. The topological polar surface area (TPSA) is 68.3 Å². The fraction of sp³-hybridized carbons (Fsp3) is 0.133. The smallest absolute Gasteiger partial charge is 0.151 e. The summed E-state index contributed by atoms with van der Waals surface area (Å²) in [6, 6.07) is 14.4. The molecule has 4 heteroatoms. The molecule has 0 atom stereocenters. The van der Waals surface area contributed by atoms with Crippen LogP contribution >= 0.6 is 0 Å². The van der Waals surface area contributed by atoms with E-state index in [9.17, 15) is 0 Å². The molecule has 0 aliphatic heterocycles. The molecule has 0 heterocycles. The molecule has 2 aromatic carbocycles. The zero-order chi connectivity index (χ0) is 13.7. The lowest BCUT2D eigenvalue weighted by atomic mass is 10.2. The van der Waals surface area contributed by atoms with Gasteiger partial charge in [0.2, 0.25) is 0 Å². The molecule has 96 valence electrons. The van der Waals surface area contributed by atoms with Crippen LogP contribution in [0.15, 0.2) is 42.5 Å². The normalized spacial score (nSPS) is 9.68. The van der Waals surface area contributed by atoms with E-state index < -0.39 is 0 Å². The summed E-state index contributed by atoms with van der Waals surface area (Å²) in [7, 11) is 0. The fourth-order valence-electron chi connectivity index (χ4n) is 1.63. The predicted molar refractivity (Wildman–Crippen MR) is 73.3 cm³/mol. The van der Waals surface area contributed by atoms with Gasteiger partial charge in [-0.05, 0) is 43.3 Å². The Bertz CT molecular complexity index is 601. The van der Waals surface area contributed by atoms with Crippen molar-refractivity contribution in [2.45, 2.75) is 6.92 Å². The lowest BCUT2D eigenvalue weighted by Gasteiger charge is -2.10. The first-order valence-electron chi connectivity index (χ1n) is 5.94. The molecular weight excluding hydrogens is 240 g/mol. The van der Waals surface area contributed by atoms with Crippen molar-refractivity contribution in [3.05, 3.63) is 48.0 Å². The van der Waals surface area contributed by atoms with E-state index in [2.05, 4.69) is 0 Å². The number of nitriles is 1. The molecule has 0 amide bonds. The van der Waals surface area contributed by atoms with Crippen LogP contribution in [0.3, 0.4) is 0 Å².